The minimum absolute atomic E-state index is 0.129. The van der Waals surface area contributed by atoms with E-state index in [1.54, 1.807) is 0 Å². The summed E-state index contributed by atoms with van der Waals surface area (Å²) in [5.41, 5.74) is 4.77. The summed E-state index contributed by atoms with van der Waals surface area (Å²) in [5.74, 6) is -1.34. The van der Waals surface area contributed by atoms with Gasteiger partial charge in [-0.2, -0.15) is 0 Å². The largest absolute Gasteiger partial charge is 0.503 e. The van der Waals surface area contributed by atoms with E-state index in [1.165, 1.54) is 16.2 Å². The Hall–Kier alpha value is -3.97. The second kappa shape index (κ2) is 9.59. The summed E-state index contributed by atoms with van der Waals surface area (Å²) >= 11 is 1.38. The lowest BCUT2D eigenvalue weighted by atomic mass is 9.93. The Morgan fingerprint density at radius 1 is 1.06 bits per heavy atom. The van der Waals surface area contributed by atoms with E-state index < -0.39 is 17.7 Å². The zero-order chi connectivity index (χ0) is 25.4. The second-order valence-electron chi connectivity index (χ2n) is 9.20. The summed E-state index contributed by atoms with van der Waals surface area (Å²) in [6.07, 6.45) is 0.715. The lowest BCUT2D eigenvalue weighted by Crippen LogP contribution is -2.31. The number of rotatable bonds is 7. The molecule has 0 spiro atoms. The van der Waals surface area contributed by atoms with Crippen molar-refractivity contribution in [3.8, 4) is 0 Å². The number of anilines is 2. The molecule has 5 rings (SSSR count). The number of carbonyl (C=O) groups excluding carboxylic acids is 2. The van der Waals surface area contributed by atoms with Gasteiger partial charge in [0.05, 0.1) is 21.8 Å². The van der Waals surface area contributed by atoms with Gasteiger partial charge < -0.3 is 10.0 Å². The maximum absolute atomic E-state index is 13.5. The number of thiazole rings is 1. The molecule has 1 aromatic heterocycles. The van der Waals surface area contributed by atoms with Crippen LogP contribution in [0.3, 0.4) is 0 Å². The van der Waals surface area contributed by atoms with Crippen LogP contribution >= 0.6 is 11.3 Å². The number of amides is 1. The van der Waals surface area contributed by atoms with E-state index in [1.807, 2.05) is 98.7 Å². The van der Waals surface area contributed by atoms with E-state index in [2.05, 4.69) is 0 Å². The number of carbonyl (C=O) groups is 2. The lowest BCUT2D eigenvalue weighted by Gasteiger charge is -2.25. The van der Waals surface area contributed by atoms with Gasteiger partial charge in [-0.05, 0) is 54.3 Å². The minimum atomic E-state index is -0.751. The van der Waals surface area contributed by atoms with Crippen molar-refractivity contribution in [1.29, 1.82) is 0 Å². The fraction of sp³-hybridized carbons (Fsp3) is 0.207. The minimum Gasteiger partial charge on any atom is -0.503 e. The third-order valence-electron chi connectivity index (χ3n) is 6.46. The molecule has 0 fully saturated rings. The molecule has 0 bridgehead atoms. The highest BCUT2D eigenvalue weighted by molar-refractivity contribution is 7.22. The molecule has 1 amide bonds. The number of hydrogen-bond donors (Lipinski definition) is 1. The van der Waals surface area contributed by atoms with Gasteiger partial charge in [-0.3, -0.25) is 14.5 Å². The zero-order valence-corrected chi connectivity index (χ0v) is 21.2. The molecule has 1 aliphatic heterocycles. The molecule has 1 atom stereocenters. The van der Waals surface area contributed by atoms with Crippen molar-refractivity contribution in [3.63, 3.8) is 0 Å². The predicted octanol–water partition coefficient (Wildman–Crippen LogP) is 5.77. The average molecular weight is 498 g/mol. The third-order valence-corrected chi connectivity index (χ3v) is 7.47. The van der Waals surface area contributed by atoms with Crippen LogP contribution in [0.15, 0.2) is 84.1 Å². The van der Waals surface area contributed by atoms with Gasteiger partial charge in [0.15, 0.2) is 16.7 Å². The van der Waals surface area contributed by atoms with Gasteiger partial charge >= 0.3 is 0 Å². The summed E-state index contributed by atoms with van der Waals surface area (Å²) in [7, 11) is 3.90. The molecule has 0 saturated carbocycles. The van der Waals surface area contributed by atoms with Crippen LogP contribution in [0.4, 0.5) is 10.8 Å². The smallest absolute Gasteiger partial charge is 0.296 e. The number of fused-ring (bicyclic) bond motifs is 1. The first-order valence-corrected chi connectivity index (χ1v) is 12.6. The highest BCUT2D eigenvalue weighted by Crippen LogP contribution is 2.44. The van der Waals surface area contributed by atoms with Crippen LogP contribution in [-0.2, 0) is 16.0 Å². The summed E-state index contributed by atoms with van der Waals surface area (Å²) in [4.78, 5) is 35.1. The molecule has 0 aliphatic carbocycles. The van der Waals surface area contributed by atoms with Crippen LogP contribution in [0.1, 0.15) is 29.2 Å². The van der Waals surface area contributed by atoms with Gasteiger partial charge in [0.25, 0.3) is 5.91 Å². The molecule has 7 heteroatoms. The molecule has 4 aromatic rings. The topological polar surface area (TPSA) is 73.7 Å². The van der Waals surface area contributed by atoms with E-state index in [-0.39, 0.29) is 17.8 Å². The molecule has 1 aliphatic rings. The van der Waals surface area contributed by atoms with Gasteiger partial charge in [0.2, 0.25) is 0 Å². The van der Waals surface area contributed by atoms with Crippen molar-refractivity contribution in [2.24, 2.45) is 0 Å². The summed E-state index contributed by atoms with van der Waals surface area (Å²) in [6.45, 7) is 2.01. The second-order valence-corrected chi connectivity index (χ2v) is 10.2. The van der Waals surface area contributed by atoms with E-state index in [0.717, 1.165) is 32.6 Å². The van der Waals surface area contributed by atoms with Crippen molar-refractivity contribution in [2.45, 2.75) is 25.8 Å². The molecule has 1 unspecified atom stereocenters. The molecular weight excluding hydrogens is 470 g/mol. The molecule has 3 aromatic carbocycles. The van der Waals surface area contributed by atoms with Gasteiger partial charge in [-0.25, -0.2) is 4.98 Å². The standard InChI is InChI=1S/C29H27N3O3S/c1-18-9-15-22-24(17-18)36-29(30-22)32-26(20-11-13-21(14-12-20)31(2)3)25(27(34)28(32)35)23(33)16-10-19-7-5-4-6-8-19/h4-9,11-15,17,26,34H,10,16H2,1-3H3. The Labute approximate surface area is 214 Å². The first kappa shape index (κ1) is 23.8. The van der Waals surface area contributed by atoms with Crippen molar-refractivity contribution in [1.82, 2.24) is 4.98 Å². The quantitative estimate of drug-likeness (QED) is 0.351. The average Bonchev–Trinajstić information content (AvgIpc) is 3.41. The molecule has 182 valence electrons. The van der Waals surface area contributed by atoms with Gasteiger partial charge in [0.1, 0.15) is 0 Å². The third kappa shape index (κ3) is 4.38. The van der Waals surface area contributed by atoms with Crippen molar-refractivity contribution in [3.05, 3.63) is 101 Å². The van der Waals surface area contributed by atoms with Crippen LogP contribution in [0.25, 0.3) is 10.2 Å². The number of aliphatic hydroxyl groups is 1. The summed E-state index contributed by atoms with van der Waals surface area (Å²) < 4.78 is 0.947. The Morgan fingerprint density at radius 3 is 2.47 bits per heavy atom. The number of Topliss-reactive ketones (excluding diaryl/α,β-unsaturated/α-hetero) is 1. The fourth-order valence-electron chi connectivity index (χ4n) is 4.52. The molecule has 1 N–H and O–H groups in total. The Morgan fingerprint density at radius 2 is 1.78 bits per heavy atom. The maximum Gasteiger partial charge on any atom is 0.296 e. The number of hydrogen-bond acceptors (Lipinski definition) is 6. The fourth-order valence-corrected chi connectivity index (χ4v) is 5.61. The lowest BCUT2D eigenvalue weighted by molar-refractivity contribution is -0.118. The van der Waals surface area contributed by atoms with Gasteiger partial charge in [-0.1, -0.05) is 59.9 Å². The highest BCUT2D eigenvalue weighted by atomic mass is 32.1. The van der Waals surface area contributed by atoms with Crippen LogP contribution in [0.5, 0.6) is 0 Å². The van der Waals surface area contributed by atoms with Crippen molar-refractivity contribution in [2.75, 3.05) is 23.9 Å². The van der Waals surface area contributed by atoms with Crippen LogP contribution in [-0.4, -0.2) is 35.9 Å². The summed E-state index contributed by atoms with van der Waals surface area (Å²) in [6, 6.07) is 22.6. The first-order valence-electron chi connectivity index (χ1n) is 11.8. The monoisotopic (exact) mass is 497 g/mol. The summed E-state index contributed by atoms with van der Waals surface area (Å²) in [5, 5.41) is 11.4. The van der Waals surface area contributed by atoms with E-state index >= 15 is 0 Å². The van der Waals surface area contributed by atoms with E-state index in [0.29, 0.717) is 11.6 Å². The van der Waals surface area contributed by atoms with E-state index in [9.17, 15) is 14.7 Å². The van der Waals surface area contributed by atoms with Crippen molar-refractivity contribution < 1.29 is 14.7 Å². The highest BCUT2D eigenvalue weighted by Gasteiger charge is 2.45. The number of aliphatic hydroxyl groups excluding tert-OH is 1. The molecular formula is C29H27N3O3S. The normalized spacial score (nSPS) is 15.7. The van der Waals surface area contributed by atoms with Gasteiger partial charge in [0, 0.05) is 26.2 Å². The Bertz CT molecular complexity index is 1470. The van der Waals surface area contributed by atoms with Gasteiger partial charge in [-0.15, -0.1) is 0 Å². The number of nitrogens with zero attached hydrogens (tertiary/aromatic N) is 3. The Kier molecular flexibility index (Phi) is 6.33. The predicted molar refractivity (Wildman–Crippen MR) is 145 cm³/mol. The molecule has 6 nitrogen and oxygen atoms in total. The molecule has 36 heavy (non-hydrogen) atoms. The number of benzene rings is 3. The maximum atomic E-state index is 13.5. The SMILES string of the molecule is Cc1ccc2nc(N3C(=O)C(O)=C(C(=O)CCc4ccccc4)C3c3ccc(N(C)C)cc3)sc2c1. The number of aryl methyl sites for hydroxylation is 2. The van der Waals surface area contributed by atoms with E-state index in [4.69, 9.17) is 4.98 Å². The Balaban J connectivity index is 1.56. The molecule has 0 saturated heterocycles. The number of ketones is 1. The molecule has 0 radical (unpaired) electrons. The van der Waals surface area contributed by atoms with Crippen LogP contribution in [0.2, 0.25) is 0 Å². The first-order chi connectivity index (χ1) is 17.3. The molecule has 2 heterocycles. The van der Waals surface area contributed by atoms with Crippen LogP contribution in [0, 0.1) is 6.92 Å². The van der Waals surface area contributed by atoms with Crippen molar-refractivity contribution >= 4 is 44.1 Å². The van der Waals surface area contributed by atoms with Crippen LogP contribution < -0.4 is 9.80 Å². The zero-order valence-electron chi connectivity index (χ0n) is 20.4. The number of aromatic nitrogens is 1.